The number of nitrogens with zero attached hydrogens (tertiary/aromatic N) is 3. The molecule has 1 aliphatic rings. The molecule has 3 aromatic rings. The number of hydrogen-bond donors (Lipinski definition) is 1. The van der Waals surface area contributed by atoms with Crippen LogP contribution in [0.25, 0.3) is 16.9 Å². The van der Waals surface area contributed by atoms with Gasteiger partial charge in [0, 0.05) is 47.9 Å². The lowest BCUT2D eigenvalue weighted by Crippen LogP contribution is -2.47. The summed E-state index contributed by atoms with van der Waals surface area (Å²) in [6, 6.07) is 17.4. The van der Waals surface area contributed by atoms with E-state index in [1.165, 1.54) is 0 Å². The second kappa shape index (κ2) is 10.9. The van der Waals surface area contributed by atoms with Gasteiger partial charge in [-0.3, -0.25) is 9.59 Å². The fourth-order valence-electron chi connectivity index (χ4n) is 4.31. The zero-order chi connectivity index (χ0) is 24.1. The van der Waals surface area contributed by atoms with Crippen molar-refractivity contribution in [2.45, 2.75) is 45.6 Å². The van der Waals surface area contributed by atoms with E-state index in [1.807, 2.05) is 70.4 Å². The molecule has 34 heavy (non-hydrogen) atoms. The van der Waals surface area contributed by atoms with Gasteiger partial charge in [0.05, 0.1) is 17.8 Å². The number of rotatable bonds is 7. The van der Waals surface area contributed by atoms with E-state index >= 15 is 0 Å². The molecule has 6 nitrogen and oxygen atoms in total. The average Bonchev–Trinajstić information content (AvgIpc) is 3.23. The molecule has 2 aromatic carbocycles. The minimum atomic E-state index is -0.0326. The summed E-state index contributed by atoms with van der Waals surface area (Å²) in [6.45, 7) is 5.50. The highest BCUT2D eigenvalue weighted by Gasteiger charge is 2.25. The zero-order valence-corrected chi connectivity index (χ0v) is 20.5. The number of carbonyl (C=O) groups excluding carboxylic acids is 2. The molecule has 1 fully saturated rings. The number of halogens is 1. The van der Waals surface area contributed by atoms with E-state index < -0.39 is 0 Å². The molecular weight excluding hydrogens is 448 g/mol. The first-order chi connectivity index (χ1) is 16.4. The van der Waals surface area contributed by atoms with Crippen LogP contribution in [-0.2, 0) is 16.0 Å². The molecule has 7 heteroatoms. The van der Waals surface area contributed by atoms with Crippen molar-refractivity contribution in [3.8, 4) is 16.9 Å². The summed E-state index contributed by atoms with van der Waals surface area (Å²) in [5, 5.41) is 8.61. The fourth-order valence-corrected chi connectivity index (χ4v) is 4.43. The van der Waals surface area contributed by atoms with Gasteiger partial charge in [0.1, 0.15) is 0 Å². The number of nitrogens with one attached hydrogen (secondary N) is 1. The quantitative estimate of drug-likeness (QED) is 0.525. The van der Waals surface area contributed by atoms with Crippen molar-refractivity contribution in [3.05, 3.63) is 71.4 Å². The normalized spacial score (nSPS) is 14.4. The maximum absolute atomic E-state index is 13.0. The molecular formula is C27H31ClN4O2. The van der Waals surface area contributed by atoms with Crippen molar-refractivity contribution < 1.29 is 9.59 Å². The minimum Gasteiger partial charge on any atom is -0.353 e. The summed E-state index contributed by atoms with van der Waals surface area (Å²) < 4.78 is 1.81. The number of carbonyl (C=O) groups is 2. The Balaban J connectivity index is 1.44. The monoisotopic (exact) mass is 478 g/mol. The second-order valence-corrected chi connectivity index (χ2v) is 9.72. The van der Waals surface area contributed by atoms with Gasteiger partial charge in [0.15, 0.2) is 0 Å². The van der Waals surface area contributed by atoms with Gasteiger partial charge in [-0.25, -0.2) is 4.68 Å². The predicted octanol–water partition coefficient (Wildman–Crippen LogP) is 4.89. The Labute approximate surface area is 205 Å². The Kier molecular flexibility index (Phi) is 7.68. The van der Waals surface area contributed by atoms with Crippen LogP contribution in [0.1, 0.15) is 38.7 Å². The van der Waals surface area contributed by atoms with E-state index in [1.54, 1.807) is 0 Å². The number of aromatic nitrogens is 2. The SMILES string of the molecule is CC(C)CC(=O)N1CCC(NC(=O)Cc2cn(-c3ccccc3)nc2-c2ccc(Cl)cc2)CC1. The molecule has 2 heterocycles. The number of piperidine rings is 1. The van der Waals surface area contributed by atoms with Crippen molar-refractivity contribution >= 4 is 23.4 Å². The van der Waals surface area contributed by atoms with Crippen LogP contribution in [0.3, 0.4) is 0 Å². The molecule has 1 saturated heterocycles. The molecule has 0 saturated carbocycles. The number of amides is 2. The van der Waals surface area contributed by atoms with Crippen LogP contribution in [0.2, 0.25) is 5.02 Å². The van der Waals surface area contributed by atoms with Gasteiger partial charge in [0.25, 0.3) is 0 Å². The van der Waals surface area contributed by atoms with Gasteiger partial charge < -0.3 is 10.2 Å². The van der Waals surface area contributed by atoms with Crippen LogP contribution in [0.4, 0.5) is 0 Å². The standard InChI is InChI=1S/C27H31ClN4O2/c1-19(2)16-26(34)31-14-12-23(13-15-31)29-25(33)17-21-18-32(24-6-4-3-5-7-24)30-27(21)20-8-10-22(28)11-9-20/h3-11,18-19,23H,12-17H2,1-2H3,(H,29,33). The molecule has 178 valence electrons. The van der Waals surface area contributed by atoms with Gasteiger partial charge in [-0.1, -0.05) is 55.8 Å². The van der Waals surface area contributed by atoms with Crippen molar-refractivity contribution in [1.82, 2.24) is 20.0 Å². The molecule has 0 unspecified atom stereocenters. The maximum atomic E-state index is 13.0. The van der Waals surface area contributed by atoms with Crippen molar-refractivity contribution in [1.29, 1.82) is 0 Å². The molecule has 2 amide bonds. The smallest absolute Gasteiger partial charge is 0.224 e. The maximum Gasteiger partial charge on any atom is 0.224 e. The summed E-state index contributed by atoms with van der Waals surface area (Å²) in [5.41, 5.74) is 3.47. The van der Waals surface area contributed by atoms with E-state index in [2.05, 4.69) is 19.2 Å². The first kappa shape index (κ1) is 24.0. The Morgan fingerprint density at radius 1 is 1.06 bits per heavy atom. The van der Waals surface area contributed by atoms with Gasteiger partial charge in [-0.2, -0.15) is 5.10 Å². The number of benzene rings is 2. The van der Waals surface area contributed by atoms with Crippen molar-refractivity contribution in [2.24, 2.45) is 5.92 Å². The average molecular weight is 479 g/mol. The van der Waals surface area contributed by atoms with Crippen molar-refractivity contribution in [3.63, 3.8) is 0 Å². The molecule has 1 aliphatic heterocycles. The number of likely N-dealkylation sites (tertiary alicyclic amines) is 1. The van der Waals surface area contributed by atoms with Gasteiger partial charge >= 0.3 is 0 Å². The van der Waals surface area contributed by atoms with Crippen LogP contribution in [0.15, 0.2) is 60.8 Å². The minimum absolute atomic E-state index is 0.0326. The second-order valence-electron chi connectivity index (χ2n) is 9.29. The third-order valence-corrected chi connectivity index (χ3v) is 6.33. The molecule has 1 aromatic heterocycles. The van der Waals surface area contributed by atoms with Crippen LogP contribution >= 0.6 is 11.6 Å². The molecule has 0 atom stereocenters. The highest BCUT2D eigenvalue weighted by atomic mass is 35.5. The topological polar surface area (TPSA) is 67.2 Å². The Hall–Kier alpha value is -3.12. The summed E-state index contributed by atoms with van der Waals surface area (Å²) in [4.78, 5) is 27.2. The van der Waals surface area contributed by atoms with Gasteiger partial charge in [0.2, 0.25) is 11.8 Å². The Bertz CT molecular complexity index is 1120. The molecule has 0 bridgehead atoms. The summed E-state index contributed by atoms with van der Waals surface area (Å²) in [5.74, 6) is 0.534. The zero-order valence-electron chi connectivity index (χ0n) is 19.7. The summed E-state index contributed by atoms with van der Waals surface area (Å²) in [6.07, 6.45) is 4.30. The molecule has 0 aliphatic carbocycles. The molecule has 1 N–H and O–H groups in total. The lowest BCUT2D eigenvalue weighted by atomic mass is 10.0. The highest BCUT2D eigenvalue weighted by Crippen LogP contribution is 2.26. The van der Waals surface area contributed by atoms with E-state index in [-0.39, 0.29) is 24.3 Å². The summed E-state index contributed by atoms with van der Waals surface area (Å²) in [7, 11) is 0. The van der Waals surface area contributed by atoms with E-state index in [0.717, 1.165) is 35.3 Å². The van der Waals surface area contributed by atoms with Crippen LogP contribution in [-0.4, -0.2) is 45.6 Å². The van der Waals surface area contributed by atoms with Crippen LogP contribution < -0.4 is 5.32 Å². The molecule has 4 rings (SSSR count). The fraction of sp³-hybridized carbons (Fsp3) is 0.370. The van der Waals surface area contributed by atoms with Crippen LogP contribution in [0, 0.1) is 5.92 Å². The third kappa shape index (κ3) is 6.06. The van der Waals surface area contributed by atoms with Gasteiger partial charge in [-0.15, -0.1) is 0 Å². The number of hydrogen-bond acceptors (Lipinski definition) is 3. The van der Waals surface area contributed by atoms with E-state index in [9.17, 15) is 9.59 Å². The lowest BCUT2D eigenvalue weighted by molar-refractivity contribution is -0.133. The third-order valence-electron chi connectivity index (χ3n) is 6.08. The lowest BCUT2D eigenvalue weighted by Gasteiger charge is -2.32. The Morgan fingerprint density at radius 3 is 2.38 bits per heavy atom. The van der Waals surface area contributed by atoms with Crippen LogP contribution in [0.5, 0.6) is 0 Å². The largest absolute Gasteiger partial charge is 0.353 e. The van der Waals surface area contributed by atoms with Crippen molar-refractivity contribution in [2.75, 3.05) is 13.1 Å². The van der Waals surface area contributed by atoms with E-state index in [4.69, 9.17) is 16.7 Å². The molecule has 0 radical (unpaired) electrons. The first-order valence-corrected chi connectivity index (χ1v) is 12.2. The molecule has 0 spiro atoms. The predicted molar refractivity (Wildman–Crippen MR) is 135 cm³/mol. The Morgan fingerprint density at radius 2 is 1.74 bits per heavy atom. The number of para-hydroxylation sites is 1. The summed E-state index contributed by atoms with van der Waals surface area (Å²) >= 11 is 6.07. The highest BCUT2D eigenvalue weighted by molar-refractivity contribution is 6.30. The van der Waals surface area contributed by atoms with E-state index in [0.29, 0.717) is 30.5 Å². The van der Waals surface area contributed by atoms with Gasteiger partial charge in [-0.05, 0) is 43.0 Å². The first-order valence-electron chi connectivity index (χ1n) is 11.9.